The Bertz CT molecular complexity index is 960. The third-order valence-electron chi connectivity index (χ3n) is 6.79. The van der Waals surface area contributed by atoms with Crippen LogP contribution in [0, 0.1) is 11.3 Å². The molecule has 3 heterocycles. The van der Waals surface area contributed by atoms with Gasteiger partial charge in [-0.3, -0.25) is 0 Å². The highest BCUT2D eigenvalue weighted by molar-refractivity contribution is 7.88. The Balaban J connectivity index is 1.40. The first-order chi connectivity index (χ1) is 12.4. The van der Waals surface area contributed by atoms with Crippen LogP contribution in [0.2, 0.25) is 0 Å². The van der Waals surface area contributed by atoms with Crippen molar-refractivity contribution in [3.8, 4) is 11.3 Å². The summed E-state index contributed by atoms with van der Waals surface area (Å²) < 4.78 is 27.2. The second kappa shape index (κ2) is 5.41. The zero-order chi connectivity index (χ0) is 18.1. The SMILES string of the molecule is CS(=O)(=O)N1CCC2(CC1)C[C@@H]([C@H]1c3ccccc3-c3cncn31)[C@H]2O. The maximum absolute atomic E-state index is 11.8. The minimum absolute atomic E-state index is 0.122. The minimum atomic E-state index is -3.14. The van der Waals surface area contributed by atoms with Crippen LogP contribution >= 0.6 is 0 Å². The lowest BCUT2D eigenvalue weighted by atomic mass is 9.53. The van der Waals surface area contributed by atoms with Crippen molar-refractivity contribution in [2.75, 3.05) is 19.3 Å². The topological polar surface area (TPSA) is 75.4 Å². The summed E-state index contributed by atoms with van der Waals surface area (Å²) >= 11 is 0. The van der Waals surface area contributed by atoms with Crippen LogP contribution in [-0.4, -0.2) is 52.8 Å². The van der Waals surface area contributed by atoms with E-state index >= 15 is 0 Å². The van der Waals surface area contributed by atoms with Gasteiger partial charge in [-0.05, 0) is 30.2 Å². The van der Waals surface area contributed by atoms with Gasteiger partial charge in [-0.1, -0.05) is 24.3 Å². The average molecular weight is 373 g/mol. The molecule has 1 saturated carbocycles. The molecule has 3 aliphatic rings. The lowest BCUT2D eigenvalue weighted by Crippen LogP contribution is -2.59. The van der Waals surface area contributed by atoms with Crippen molar-refractivity contribution in [3.63, 3.8) is 0 Å². The maximum atomic E-state index is 11.8. The van der Waals surface area contributed by atoms with Gasteiger partial charge in [0.15, 0.2) is 0 Å². The highest BCUT2D eigenvalue weighted by atomic mass is 32.2. The molecular weight excluding hydrogens is 350 g/mol. The molecule has 6 nitrogen and oxygen atoms in total. The van der Waals surface area contributed by atoms with Crippen LogP contribution in [0.3, 0.4) is 0 Å². The molecule has 1 saturated heterocycles. The van der Waals surface area contributed by atoms with E-state index < -0.39 is 16.1 Å². The number of hydrogen-bond donors (Lipinski definition) is 1. The number of aromatic nitrogens is 2. The normalized spacial score (nSPS) is 30.0. The van der Waals surface area contributed by atoms with Crippen LogP contribution in [0.1, 0.15) is 30.9 Å². The van der Waals surface area contributed by atoms with Gasteiger partial charge < -0.3 is 9.67 Å². The number of aliphatic hydroxyl groups excluding tert-OH is 1. The van der Waals surface area contributed by atoms with E-state index in [9.17, 15) is 13.5 Å². The summed E-state index contributed by atoms with van der Waals surface area (Å²) in [5, 5.41) is 11.1. The highest BCUT2D eigenvalue weighted by Crippen LogP contribution is 2.59. The lowest BCUT2D eigenvalue weighted by Gasteiger charge is -2.57. The first-order valence-electron chi connectivity index (χ1n) is 9.15. The van der Waals surface area contributed by atoms with Crippen LogP contribution < -0.4 is 0 Å². The Morgan fingerprint density at radius 3 is 2.65 bits per heavy atom. The average Bonchev–Trinajstić information content (AvgIpc) is 3.20. The van der Waals surface area contributed by atoms with Crippen LogP contribution in [-0.2, 0) is 10.0 Å². The molecule has 1 spiro atoms. The predicted octanol–water partition coefficient (Wildman–Crippen LogP) is 1.88. The van der Waals surface area contributed by atoms with Gasteiger partial charge in [0.2, 0.25) is 10.0 Å². The van der Waals surface area contributed by atoms with Crippen LogP contribution in [0.25, 0.3) is 11.3 Å². The van der Waals surface area contributed by atoms with Gasteiger partial charge in [0.05, 0.1) is 36.6 Å². The van der Waals surface area contributed by atoms with Gasteiger partial charge in [0.25, 0.3) is 0 Å². The minimum Gasteiger partial charge on any atom is -0.392 e. The molecule has 26 heavy (non-hydrogen) atoms. The number of imidazole rings is 1. The molecule has 0 unspecified atom stereocenters. The standard InChI is InChI=1S/C19H23N3O3S/c1-26(24,25)21-8-6-19(7-9-21)10-15(18(19)23)17-14-5-3-2-4-13(14)16-11-20-12-22(16)17/h2-5,11-12,15,17-18,23H,6-10H2,1H3/t15-,17+,18+/m0/s1. The third-order valence-corrected chi connectivity index (χ3v) is 8.09. The van der Waals surface area contributed by atoms with E-state index in [0.29, 0.717) is 13.1 Å². The summed E-state index contributed by atoms with van der Waals surface area (Å²) in [5.41, 5.74) is 3.45. The van der Waals surface area contributed by atoms with Crippen LogP contribution in [0.15, 0.2) is 36.8 Å². The number of rotatable bonds is 2. The van der Waals surface area contributed by atoms with E-state index in [0.717, 1.165) is 25.0 Å². The van der Waals surface area contributed by atoms with Crippen LogP contribution in [0.4, 0.5) is 0 Å². The largest absolute Gasteiger partial charge is 0.392 e. The van der Waals surface area contributed by atoms with Gasteiger partial charge in [-0.2, -0.15) is 0 Å². The summed E-state index contributed by atoms with van der Waals surface area (Å²) in [5.74, 6) is 0.149. The Labute approximate surface area is 153 Å². The quantitative estimate of drug-likeness (QED) is 0.872. The number of aliphatic hydroxyl groups is 1. The first kappa shape index (κ1) is 16.5. The monoisotopic (exact) mass is 373 g/mol. The number of fused-ring (bicyclic) bond motifs is 3. The van der Waals surface area contributed by atoms with Gasteiger partial charge >= 0.3 is 0 Å². The van der Waals surface area contributed by atoms with Gasteiger partial charge in [-0.15, -0.1) is 0 Å². The molecule has 1 aromatic carbocycles. The molecule has 1 aliphatic carbocycles. The number of nitrogens with zero attached hydrogens (tertiary/aromatic N) is 3. The Morgan fingerprint density at radius 2 is 1.96 bits per heavy atom. The smallest absolute Gasteiger partial charge is 0.211 e. The summed E-state index contributed by atoms with van der Waals surface area (Å²) in [7, 11) is -3.14. The van der Waals surface area contributed by atoms with E-state index in [1.54, 1.807) is 0 Å². The zero-order valence-electron chi connectivity index (χ0n) is 14.7. The van der Waals surface area contributed by atoms with Crippen molar-refractivity contribution in [2.24, 2.45) is 11.3 Å². The Morgan fingerprint density at radius 1 is 1.23 bits per heavy atom. The fourth-order valence-electron chi connectivity index (χ4n) is 5.35. The second-order valence-corrected chi connectivity index (χ2v) is 10.0. The second-order valence-electron chi connectivity index (χ2n) is 8.06. The molecule has 0 amide bonds. The number of benzene rings is 1. The predicted molar refractivity (Wildman–Crippen MR) is 98.0 cm³/mol. The zero-order valence-corrected chi connectivity index (χ0v) is 15.6. The van der Waals surface area contributed by atoms with Crippen molar-refractivity contribution >= 4 is 10.0 Å². The van der Waals surface area contributed by atoms with Gasteiger partial charge in [0, 0.05) is 24.6 Å². The molecule has 2 fully saturated rings. The highest BCUT2D eigenvalue weighted by Gasteiger charge is 2.58. The van der Waals surface area contributed by atoms with E-state index in [-0.39, 0.29) is 17.4 Å². The van der Waals surface area contributed by atoms with Crippen LogP contribution in [0.5, 0.6) is 0 Å². The lowest BCUT2D eigenvalue weighted by molar-refractivity contribution is -0.152. The fourth-order valence-corrected chi connectivity index (χ4v) is 6.20. The Hall–Kier alpha value is -1.70. The molecule has 2 aromatic rings. The summed E-state index contributed by atoms with van der Waals surface area (Å²) in [6, 6.07) is 8.48. The molecule has 0 bridgehead atoms. The van der Waals surface area contributed by atoms with Crippen molar-refractivity contribution in [2.45, 2.75) is 31.4 Å². The molecule has 2 aliphatic heterocycles. The molecule has 1 N–H and O–H groups in total. The van der Waals surface area contributed by atoms with Crippen molar-refractivity contribution in [1.82, 2.24) is 13.9 Å². The van der Waals surface area contributed by atoms with Crippen molar-refractivity contribution in [1.29, 1.82) is 0 Å². The fraction of sp³-hybridized carbons (Fsp3) is 0.526. The first-order valence-corrected chi connectivity index (χ1v) is 11.0. The van der Waals surface area contributed by atoms with E-state index in [4.69, 9.17) is 0 Å². The van der Waals surface area contributed by atoms with E-state index in [2.05, 4.69) is 27.8 Å². The Kier molecular flexibility index (Phi) is 3.42. The molecule has 1 aromatic heterocycles. The molecule has 3 atom stereocenters. The van der Waals surface area contributed by atoms with Crippen molar-refractivity contribution < 1.29 is 13.5 Å². The number of sulfonamides is 1. The number of hydrogen-bond acceptors (Lipinski definition) is 4. The van der Waals surface area contributed by atoms with E-state index in [1.165, 1.54) is 21.7 Å². The maximum Gasteiger partial charge on any atom is 0.211 e. The summed E-state index contributed by atoms with van der Waals surface area (Å²) in [4.78, 5) is 4.31. The van der Waals surface area contributed by atoms with Gasteiger partial charge in [-0.25, -0.2) is 17.7 Å². The molecular formula is C19H23N3O3S. The summed E-state index contributed by atoms with van der Waals surface area (Å²) in [6.45, 7) is 1.03. The molecule has 5 rings (SSSR count). The third kappa shape index (κ3) is 2.17. The number of piperidine rings is 1. The molecule has 0 radical (unpaired) electrons. The summed E-state index contributed by atoms with van der Waals surface area (Å²) in [6.07, 6.45) is 7.03. The molecule has 138 valence electrons. The van der Waals surface area contributed by atoms with Gasteiger partial charge in [0.1, 0.15) is 0 Å². The van der Waals surface area contributed by atoms with E-state index in [1.807, 2.05) is 18.6 Å². The van der Waals surface area contributed by atoms with Crippen molar-refractivity contribution in [3.05, 3.63) is 42.4 Å². The molecule has 7 heteroatoms.